The van der Waals surface area contributed by atoms with Crippen molar-refractivity contribution in [3.8, 4) is 0 Å². The van der Waals surface area contributed by atoms with Gasteiger partial charge >= 0.3 is 0 Å². The molecule has 0 amide bonds. The zero-order chi connectivity index (χ0) is 14.4. The van der Waals surface area contributed by atoms with Gasteiger partial charge in [-0.15, -0.1) is 0 Å². The minimum Gasteiger partial charge on any atom is -0.251 e. The first-order valence-electron chi connectivity index (χ1n) is 6.72. The zero-order valence-corrected chi connectivity index (χ0v) is 7.13. The summed E-state index contributed by atoms with van der Waals surface area (Å²) in [7, 11) is 0. The molecule has 0 aromatic carbocycles. The Morgan fingerprint density at radius 3 is 2.67 bits per heavy atom. The van der Waals surface area contributed by atoms with E-state index < -0.39 is 19.3 Å². The summed E-state index contributed by atoms with van der Waals surface area (Å²) in [4.78, 5) is 3.93. The summed E-state index contributed by atoms with van der Waals surface area (Å²) in [6.07, 6.45) is 3.80. The zero-order valence-electron chi connectivity index (χ0n) is 13.1. The van der Waals surface area contributed by atoms with Crippen molar-refractivity contribution in [1.82, 2.24) is 0 Å². The summed E-state index contributed by atoms with van der Waals surface area (Å²) in [5, 5.41) is 8.19. The molecule has 0 radical (unpaired) electrons. The summed E-state index contributed by atoms with van der Waals surface area (Å²) >= 11 is 0. The summed E-state index contributed by atoms with van der Waals surface area (Å²) in [6.45, 7) is -3.38. The van der Waals surface area contributed by atoms with Crippen molar-refractivity contribution in [2.24, 2.45) is 0 Å². The lowest BCUT2D eigenvalue weighted by atomic mass is 10.2. The second-order valence-electron chi connectivity index (χ2n) is 2.52. The van der Waals surface area contributed by atoms with Crippen molar-refractivity contribution < 1.29 is 18.4 Å². The molecule has 0 atom stereocenters. The molecule has 0 aromatic heterocycles. The molecule has 2 heteroatoms. The maximum Gasteiger partial charge on any atom is 0.103 e. The normalized spacial score (nSPS) is 21.0. The Morgan fingerprint density at radius 1 is 1.42 bits per heavy atom. The molecule has 0 spiro atoms. The van der Waals surface area contributed by atoms with E-state index in [1.165, 1.54) is 6.08 Å². The van der Waals surface area contributed by atoms with E-state index in [0.29, 0.717) is 12.8 Å². The van der Waals surface area contributed by atoms with E-state index >= 15 is 0 Å². The lowest BCUT2D eigenvalue weighted by Gasteiger charge is -1.96. The van der Waals surface area contributed by atoms with Crippen LogP contribution >= 0.6 is 0 Å². The molecule has 12 heavy (non-hydrogen) atoms. The van der Waals surface area contributed by atoms with Crippen LogP contribution in [0.2, 0.25) is 0 Å². The van der Waals surface area contributed by atoms with E-state index in [-0.39, 0.29) is 6.61 Å². The smallest absolute Gasteiger partial charge is 0.103 e. The molecule has 0 bridgehead atoms. The van der Waals surface area contributed by atoms with E-state index in [1.807, 2.05) is 0 Å². The van der Waals surface area contributed by atoms with Crippen molar-refractivity contribution in [2.75, 3.05) is 6.61 Å². The third-order valence-corrected chi connectivity index (χ3v) is 1.30. The average molecular weight is 176 g/mol. The van der Waals surface area contributed by atoms with Gasteiger partial charge in [-0.25, -0.2) is 4.89 Å². The Balaban J connectivity index is 4.59. The van der Waals surface area contributed by atoms with E-state index in [4.69, 9.17) is 13.5 Å². The molecule has 0 rings (SSSR count). The molecular weight excluding hydrogens is 152 g/mol. The lowest BCUT2D eigenvalue weighted by molar-refractivity contribution is -0.234. The van der Waals surface area contributed by atoms with Crippen LogP contribution < -0.4 is 0 Å². The van der Waals surface area contributed by atoms with Crippen LogP contribution in [0.25, 0.3) is 0 Å². The molecule has 0 aliphatic carbocycles. The fourth-order valence-electron chi connectivity index (χ4n) is 0.718. The number of unbranched alkanes of at least 4 members (excludes halogenated alkanes) is 1. The summed E-state index contributed by atoms with van der Waals surface area (Å²) in [5.41, 5.74) is 0.287. The van der Waals surface area contributed by atoms with Gasteiger partial charge in [-0.2, -0.15) is 0 Å². The van der Waals surface area contributed by atoms with Crippen LogP contribution in [0.5, 0.6) is 0 Å². The fourth-order valence-corrected chi connectivity index (χ4v) is 0.718. The highest BCUT2D eigenvalue weighted by atomic mass is 17.1. The Kier molecular flexibility index (Phi) is 2.70. The number of hydrogen-bond donors (Lipinski definition) is 1. The second-order valence-corrected chi connectivity index (χ2v) is 2.52. The number of hydrogen-bond acceptors (Lipinski definition) is 2. The molecule has 0 aliphatic rings. The van der Waals surface area contributed by atoms with Crippen molar-refractivity contribution in [1.29, 1.82) is 0 Å². The molecule has 70 valence electrons. The molecule has 0 unspecified atom stereocenters. The fraction of sp³-hybridized carbons (Fsp3) is 0.600. The highest BCUT2D eigenvalue weighted by molar-refractivity contribution is 5.00. The summed E-state index contributed by atoms with van der Waals surface area (Å²) < 4.78 is 43.0. The van der Waals surface area contributed by atoms with E-state index in [2.05, 4.69) is 4.89 Å². The van der Waals surface area contributed by atoms with Crippen LogP contribution in [0, 0.1) is 0 Å². The average Bonchev–Trinajstić information content (AvgIpc) is 2.13. The first-order chi connectivity index (χ1) is 8.09. The van der Waals surface area contributed by atoms with Crippen LogP contribution in [-0.4, -0.2) is 11.9 Å². The Bertz CT molecular complexity index is 297. The van der Waals surface area contributed by atoms with Crippen LogP contribution in [0.3, 0.4) is 0 Å². The monoisotopic (exact) mass is 176 g/mol. The highest BCUT2D eigenvalue weighted by Crippen LogP contribution is 2.01. The predicted octanol–water partition coefficient (Wildman–Crippen LogP) is 3.17. The maximum atomic E-state index is 8.19. The molecule has 0 aromatic rings. The topological polar surface area (TPSA) is 29.5 Å². The van der Waals surface area contributed by atoms with Gasteiger partial charge in [0.2, 0.25) is 0 Å². The van der Waals surface area contributed by atoms with Crippen molar-refractivity contribution in [3.63, 3.8) is 0 Å². The Labute approximate surface area is 82.9 Å². The largest absolute Gasteiger partial charge is 0.251 e. The number of allylic oxidation sites excluding steroid dienone is 3. The highest BCUT2D eigenvalue weighted by Gasteiger charge is 1.87. The second kappa shape index (κ2) is 7.07. The van der Waals surface area contributed by atoms with Gasteiger partial charge in [0.1, 0.15) is 6.61 Å². The standard InChI is InChI=1S/C10H18O2/c1-9(2)6-4-5-7-10(3)8-12-11/h6-7,11H,4-5,8H2,1-3H3/b10-7+/i1D3,2D3. The minimum atomic E-state index is -2.60. The third kappa shape index (κ3) is 7.51. The molecule has 0 heterocycles. The first kappa shape index (κ1) is 4.58. The van der Waals surface area contributed by atoms with Crippen LogP contribution in [0.15, 0.2) is 23.3 Å². The van der Waals surface area contributed by atoms with Crippen LogP contribution in [0.4, 0.5) is 0 Å². The molecule has 2 nitrogen and oxygen atoms in total. The van der Waals surface area contributed by atoms with Gasteiger partial charge in [0.05, 0.1) is 0 Å². The molecule has 1 N–H and O–H groups in total. The molecule has 0 saturated carbocycles. The van der Waals surface area contributed by atoms with Gasteiger partial charge in [0.15, 0.2) is 0 Å². The Hall–Kier alpha value is -0.600. The van der Waals surface area contributed by atoms with Crippen molar-refractivity contribution >= 4 is 0 Å². The third-order valence-electron chi connectivity index (χ3n) is 1.30. The maximum absolute atomic E-state index is 8.19. The van der Waals surface area contributed by atoms with Crippen molar-refractivity contribution in [3.05, 3.63) is 23.3 Å². The van der Waals surface area contributed by atoms with Gasteiger partial charge < -0.3 is 0 Å². The quantitative estimate of drug-likeness (QED) is 0.302. The Morgan fingerprint density at radius 2 is 2.08 bits per heavy atom. The molecule has 0 fully saturated rings. The van der Waals surface area contributed by atoms with Gasteiger partial charge in [0, 0.05) is 8.22 Å². The molecular formula is C10H18O2. The minimum absolute atomic E-state index is 0.0785. The summed E-state index contributed by atoms with van der Waals surface area (Å²) in [5.74, 6) is 0. The van der Waals surface area contributed by atoms with E-state index in [0.717, 1.165) is 5.57 Å². The van der Waals surface area contributed by atoms with Crippen LogP contribution in [0.1, 0.15) is 41.7 Å². The van der Waals surface area contributed by atoms with Gasteiger partial charge in [-0.3, -0.25) is 5.26 Å². The first-order valence-corrected chi connectivity index (χ1v) is 3.72. The molecule has 0 saturated heterocycles. The van der Waals surface area contributed by atoms with E-state index in [9.17, 15) is 0 Å². The predicted molar refractivity (Wildman–Crippen MR) is 51.0 cm³/mol. The SMILES string of the molecule is [2H]C([2H])([2H])C(=CCC/C=C(\C)COO)C([2H])([2H])[2H]. The van der Waals surface area contributed by atoms with Gasteiger partial charge in [-0.05, 0) is 39.0 Å². The summed E-state index contributed by atoms with van der Waals surface area (Å²) in [6, 6.07) is 0. The molecule has 0 aliphatic heterocycles. The van der Waals surface area contributed by atoms with Gasteiger partial charge in [-0.1, -0.05) is 17.7 Å². The van der Waals surface area contributed by atoms with Gasteiger partial charge in [0.25, 0.3) is 0 Å². The van der Waals surface area contributed by atoms with E-state index in [1.54, 1.807) is 13.0 Å². The number of rotatable bonds is 5. The van der Waals surface area contributed by atoms with Crippen molar-refractivity contribution in [2.45, 2.75) is 33.5 Å². The van der Waals surface area contributed by atoms with Crippen LogP contribution in [-0.2, 0) is 4.89 Å². The lowest BCUT2D eigenvalue weighted by Crippen LogP contribution is -1.89.